The summed E-state index contributed by atoms with van der Waals surface area (Å²) in [5, 5.41) is 9.82. The van der Waals surface area contributed by atoms with Gasteiger partial charge < -0.3 is 20.2 Å². The van der Waals surface area contributed by atoms with Gasteiger partial charge in [-0.15, -0.1) is 0 Å². The fraction of sp³-hybridized carbons (Fsp3) is 0.529. The van der Waals surface area contributed by atoms with Crippen molar-refractivity contribution in [1.82, 2.24) is 10.6 Å². The van der Waals surface area contributed by atoms with Crippen molar-refractivity contribution in [1.29, 1.82) is 0 Å². The molecule has 0 bridgehead atoms. The van der Waals surface area contributed by atoms with Crippen LogP contribution in [0.3, 0.4) is 0 Å². The molecule has 1 aliphatic rings. The average Bonchev–Trinajstić information content (AvgIpc) is 3.02. The van der Waals surface area contributed by atoms with Crippen molar-refractivity contribution >= 4 is 11.7 Å². The number of ether oxygens (including phenoxy) is 1. The highest BCUT2D eigenvalue weighted by atomic mass is 16.6. The average molecular weight is 319 g/mol. The Kier molecular flexibility index (Phi) is 6.40. The molecule has 0 unspecified atom stereocenters. The number of nitrogens with one attached hydrogen (secondary N) is 2. The number of aryl methyl sites for hydroxylation is 1. The fourth-order valence-corrected chi connectivity index (χ4v) is 2.36. The Morgan fingerprint density at radius 1 is 1.43 bits per heavy atom. The summed E-state index contributed by atoms with van der Waals surface area (Å²) in [4.78, 5) is 17.3. The molecule has 23 heavy (non-hydrogen) atoms. The van der Waals surface area contributed by atoms with Gasteiger partial charge in [-0.3, -0.25) is 0 Å². The third-order valence-electron chi connectivity index (χ3n) is 3.80. The molecule has 6 nitrogen and oxygen atoms in total. The molecule has 126 valence electrons. The quantitative estimate of drug-likeness (QED) is 0.809. The van der Waals surface area contributed by atoms with Crippen molar-refractivity contribution in [3.8, 4) is 0 Å². The number of carbonyl (C=O) groups is 1. The number of carbonyl (C=O) groups excluding carboxylic acids is 1. The first kappa shape index (κ1) is 17.3. The van der Waals surface area contributed by atoms with Crippen LogP contribution in [0.1, 0.15) is 30.9 Å². The standard InChI is InChI=1S/C17H25N3O3/c1-4-14(11-22-3)19-17(21)18-10-15-9-16(20-23-15)13-7-5-12(2)6-8-13/h5-8,14-15H,4,9-11H2,1-3H3,(H2,18,19,21)/t14-,15-/m1/s1. The summed E-state index contributed by atoms with van der Waals surface area (Å²) < 4.78 is 5.06. The van der Waals surface area contributed by atoms with Crippen LogP contribution >= 0.6 is 0 Å². The zero-order chi connectivity index (χ0) is 16.7. The number of benzene rings is 1. The number of oxime groups is 1. The molecular formula is C17H25N3O3. The molecule has 1 heterocycles. The van der Waals surface area contributed by atoms with Gasteiger partial charge in [-0.25, -0.2) is 4.79 Å². The van der Waals surface area contributed by atoms with E-state index in [1.807, 2.05) is 19.1 Å². The molecule has 2 N–H and O–H groups in total. The number of hydrogen-bond donors (Lipinski definition) is 2. The largest absolute Gasteiger partial charge is 0.390 e. The SMILES string of the molecule is CC[C@H](COC)NC(=O)NC[C@H]1CC(c2ccc(C)cc2)=NO1. The predicted octanol–water partition coefficient (Wildman–Crippen LogP) is 2.21. The van der Waals surface area contributed by atoms with E-state index in [1.54, 1.807) is 7.11 Å². The normalized spacial score (nSPS) is 18.0. The maximum Gasteiger partial charge on any atom is 0.315 e. The van der Waals surface area contributed by atoms with Crippen LogP contribution in [-0.4, -0.2) is 44.2 Å². The number of rotatable bonds is 7. The maximum absolute atomic E-state index is 11.9. The molecule has 2 amide bonds. The second-order valence-corrected chi connectivity index (χ2v) is 5.75. The molecule has 0 spiro atoms. The van der Waals surface area contributed by atoms with E-state index in [0.717, 1.165) is 17.7 Å². The summed E-state index contributed by atoms with van der Waals surface area (Å²) >= 11 is 0. The molecule has 1 aromatic rings. The Balaban J connectivity index is 1.74. The molecule has 0 saturated heterocycles. The Hall–Kier alpha value is -2.08. The number of urea groups is 1. The molecule has 0 aromatic heterocycles. The Bertz CT molecular complexity index is 543. The van der Waals surface area contributed by atoms with Gasteiger partial charge in [-0.05, 0) is 18.9 Å². The first-order valence-electron chi connectivity index (χ1n) is 7.95. The van der Waals surface area contributed by atoms with Crippen molar-refractivity contribution in [2.24, 2.45) is 5.16 Å². The summed E-state index contributed by atoms with van der Waals surface area (Å²) in [6, 6.07) is 7.99. The van der Waals surface area contributed by atoms with Crippen molar-refractivity contribution < 1.29 is 14.4 Å². The summed E-state index contributed by atoms with van der Waals surface area (Å²) in [6.07, 6.45) is 1.39. The van der Waals surface area contributed by atoms with Crippen LogP contribution in [0.2, 0.25) is 0 Å². The van der Waals surface area contributed by atoms with Gasteiger partial charge in [0.25, 0.3) is 0 Å². The van der Waals surface area contributed by atoms with Gasteiger partial charge in [0.2, 0.25) is 0 Å². The summed E-state index contributed by atoms with van der Waals surface area (Å²) in [5.41, 5.74) is 3.20. The van der Waals surface area contributed by atoms with Crippen molar-refractivity contribution in [2.75, 3.05) is 20.3 Å². The minimum absolute atomic E-state index is 0.0175. The van der Waals surface area contributed by atoms with E-state index in [4.69, 9.17) is 9.57 Å². The number of nitrogens with zero attached hydrogens (tertiary/aromatic N) is 1. The lowest BCUT2D eigenvalue weighted by Gasteiger charge is -2.17. The van der Waals surface area contributed by atoms with Crippen LogP contribution in [0.15, 0.2) is 29.4 Å². The van der Waals surface area contributed by atoms with E-state index in [2.05, 4.69) is 34.8 Å². The lowest BCUT2D eigenvalue weighted by Crippen LogP contribution is -2.45. The molecule has 0 saturated carbocycles. The molecule has 0 fully saturated rings. The molecule has 2 atom stereocenters. The van der Waals surface area contributed by atoms with Gasteiger partial charge in [0.15, 0.2) is 6.10 Å². The van der Waals surface area contributed by atoms with Gasteiger partial charge in [-0.1, -0.05) is 41.9 Å². The maximum atomic E-state index is 11.9. The Morgan fingerprint density at radius 2 is 2.17 bits per heavy atom. The Labute approximate surface area is 137 Å². The van der Waals surface area contributed by atoms with E-state index in [9.17, 15) is 4.79 Å². The highest BCUT2D eigenvalue weighted by Gasteiger charge is 2.23. The van der Waals surface area contributed by atoms with Gasteiger partial charge >= 0.3 is 6.03 Å². The second-order valence-electron chi connectivity index (χ2n) is 5.75. The van der Waals surface area contributed by atoms with Gasteiger partial charge in [-0.2, -0.15) is 0 Å². The molecule has 0 aliphatic carbocycles. The van der Waals surface area contributed by atoms with Gasteiger partial charge in [0.05, 0.1) is 24.9 Å². The number of methoxy groups -OCH3 is 1. The lowest BCUT2D eigenvalue weighted by atomic mass is 10.0. The van der Waals surface area contributed by atoms with E-state index in [-0.39, 0.29) is 18.2 Å². The van der Waals surface area contributed by atoms with Crippen LogP contribution in [0.5, 0.6) is 0 Å². The van der Waals surface area contributed by atoms with E-state index in [0.29, 0.717) is 19.6 Å². The smallest absolute Gasteiger partial charge is 0.315 e. The van der Waals surface area contributed by atoms with Crippen LogP contribution in [0.4, 0.5) is 4.79 Å². The third kappa shape index (κ3) is 5.25. The molecule has 2 rings (SSSR count). The predicted molar refractivity (Wildman–Crippen MR) is 89.7 cm³/mol. The second kappa shape index (κ2) is 8.53. The van der Waals surface area contributed by atoms with Crippen molar-refractivity contribution in [3.63, 3.8) is 0 Å². The fourth-order valence-electron chi connectivity index (χ4n) is 2.36. The number of amides is 2. The lowest BCUT2D eigenvalue weighted by molar-refractivity contribution is 0.0861. The summed E-state index contributed by atoms with van der Waals surface area (Å²) in [5.74, 6) is 0. The van der Waals surface area contributed by atoms with Crippen LogP contribution in [-0.2, 0) is 9.57 Å². The molecule has 1 aliphatic heterocycles. The highest BCUT2D eigenvalue weighted by Crippen LogP contribution is 2.16. The molecule has 6 heteroatoms. The monoisotopic (exact) mass is 319 g/mol. The van der Waals surface area contributed by atoms with Crippen LogP contribution < -0.4 is 10.6 Å². The van der Waals surface area contributed by atoms with Crippen molar-refractivity contribution in [3.05, 3.63) is 35.4 Å². The zero-order valence-electron chi connectivity index (χ0n) is 14.0. The van der Waals surface area contributed by atoms with E-state index in [1.165, 1.54) is 5.56 Å². The number of hydrogen-bond acceptors (Lipinski definition) is 4. The van der Waals surface area contributed by atoms with Crippen LogP contribution in [0, 0.1) is 6.92 Å². The first-order valence-corrected chi connectivity index (χ1v) is 7.95. The minimum Gasteiger partial charge on any atom is -0.390 e. The zero-order valence-corrected chi connectivity index (χ0v) is 14.0. The Morgan fingerprint density at radius 3 is 2.83 bits per heavy atom. The first-order chi connectivity index (χ1) is 11.1. The van der Waals surface area contributed by atoms with Gasteiger partial charge in [0, 0.05) is 13.5 Å². The topological polar surface area (TPSA) is 72.0 Å². The van der Waals surface area contributed by atoms with E-state index < -0.39 is 0 Å². The van der Waals surface area contributed by atoms with E-state index >= 15 is 0 Å². The summed E-state index contributed by atoms with van der Waals surface area (Å²) in [6.45, 7) is 4.99. The molecule has 1 aromatic carbocycles. The molecule has 0 radical (unpaired) electrons. The highest BCUT2D eigenvalue weighted by molar-refractivity contribution is 6.01. The molecular weight excluding hydrogens is 294 g/mol. The third-order valence-corrected chi connectivity index (χ3v) is 3.80. The van der Waals surface area contributed by atoms with Crippen LogP contribution in [0.25, 0.3) is 0 Å². The van der Waals surface area contributed by atoms with Gasteiger partial charge in [0.1, 0.15) is 0 Å². The minimum atomic E-state index is -0.207. The summed E-state index contributed by atoms with van der Waals surface area (Å²) in [7, 11) is 1.62. The van der Waals surface area contributed by atoms with Crippen molar-refractivity contribution in [2.45, 2.75) is 38.8 Å².